The molecule has 1 aromatic carbocycles. The number of benzene rings is 1. The van der Waals surface area contributed by atoms with Gasteiger partial charge in [-0.2, -0.15) is 0 Å². The van der Waals surface area contributed by atoms with Crippen LogP contribution in [0.25, 0.3) is 0 Å². The number of carbonyl (C=O) groups excluding carboxylic acids is 1. The zero-order valence-corrected chi connectivity index (χ0v) is 7.16. The average molecular weight is 174 g/mol. The zero-order chi connectivity index (χ0) is 9.10. The molecule has 1 aliphatic rings. The Bertz CT molecular complexity index is 358. The summed E-state index contributed by atoms with van der Waals surface area (Å²) in [6.45, 7) is 0.845. The van der Waals surface area contributed by atoms with E-state index in [2.05, 4.69) is 10.3 Å². The number of nitrogens with one attached hydrogen (secondary N) is 1. The lowest BCUT2D eigenvalue weighted by Crippen LogP contribution is -2.04. The minimum atomic E-state index is 0.693. The van der Waals surface area contributed by atoms with E-state index in [9.17, 15) is 4.79 Å². The summed E-state index contributed by atoms with van der Waals surface area (Å²) < 4.78 is 0. The number of carbonyl (C=O) groups is 1. The van der Waals surface area contributed by atoms with Crippen LogP contribution < -0.4 is 5.32 Å². The number of rotatable bonds is 2. The molecule has 0 aromatic heterocycles. The van der Waals surface area contributed by atoms with Crippen LogP contribution in [0.4, 0.5) is 5.69 Å². The van der Waals surface area contributed by atoms with Crippen LogP contribution in [0.2, 0.25) is 0 Å². The molecular weight excluding hydrogens is 164 g/mol. The van der Waals surface area contributed by atoms with Crippen LogP contribution in [0, 0.1) is 0 Å². The number of anilines is 1. The summed E-state index contributed by atoms with van der Waals surface area (Å²) in [5, 5.41) is 2.63. The van der Waals surface area contributed by atoms with Crippen molar-refractivity contribution in [3.05, 3.63) is 29.3 Å². The molecule has 0 bridgehead atoms. The van der Waals surface area contributed by atoms with Crippen molar-refractivity contribution >= 4 is 18.3 Å². The third-order valence-corrected chi connectivity index (χ3v) is 2.11. The van der Waals surface area contributed by atoms with Crippen molar-refractivity contribution in [1.82, 2.24) is 0 Å². The van der Waals surface area contributed by atoms with E-state index in [1.54, 1.807) is 0 Å². The van der Waals surface area contributed by atoms with Crippen molar-refractivity contribution in [1.29, 1.82) is 0 Å². The Balaban J connectivity index is 2.36. The number of nitrogens with zero attached hydrogens (tertiary/aromatic N) is 1. The Kier molecular flexibility index (Phi) is 2.08. The summed E-state index contributed by atoms with van der Waals surface area (Å²) in [6, 6.07) is 5.85. The first-order valence-electron chi connectivity index (χ1n) is 4.23. The van der Waals surface area contributed by atoms with E-state index in [4.69, 9.17) is 0 Å². The smallest absolute Gasteiger partial charge is 0.211 e. The molecule has 3 nitrogen and oxygen atoms in total. The minimum Gasteiger partial charge on any atom is -0.329 e. The third kappa shape index (κ3) is 1.59. The molecule has 0 spiro atoms. The van der Waals surface area contributed by atoms with Crippen molar-refractivity contribution in [3.63, 3.8) is 0 Å². The Labute approximate surface area is 76.5 Å². The van der Waals surface area contributed by atoms with Gasteiger partial charge in [-0.3, -0.25) is 9.79 Å². The van der Waals surface area contributed by atoms with E-state index in [1.807, 2.05) is 24.4 Å². The van der Waals surface area contributed by atoms with E-state index in [1.165, 1.54) is 5.56 Å². The molecule has 0 radical (unpaired) electrons. The highest BCUT2D eigenvalue weighted by atomic mass is 16.1. The number of fused-ring (bicyclic) bond motifs is 1. The molecule has 0 saturated carbocycles. The van der Waals surface area contributed by atoms with Crippen LogP contribution in [0.5, 0.6) is 0 Å². The summed E-state index contributed by atoms with van der Waals surface area (Å²) in [5.41, 5.74) is 3.26. The Hall–Kier alpha value is -1.64. The van der Waals surface area contributed by atoms with Crippen molar-refractivity contribution in [2.75, 3.05) is 11.9 Å². The second-order valence-corrected chi connectivity index (χ2v) is 2.96. The largest absolute Gasteiger partial charge is 0.329 e. The molecule has 0 atom stereocenters. The maximum Gasteiger partial charge on any atom is 0.211 e. The first kappa shape index (κ1) is 7.98. The molecule has 13 heavy (non-hydrogen) atoms. The standard InChI is InChI=1S/C10H10N2O/c13-7-12-10-2-1-9-6-11-4-3-8(9)5-10/h1-2,5-7H,3-4H2,(H,12,13). The van der Waals surface area contributed by atoms with Crippen LogP contribution in [0.1, 0.15) is 11.1 Å². The lowest BCUT2D eigenvalue weighted by Gasteiger charge is -2.10. The van der Waals surface area contributed by atoms with Gasteiger partial charge in [0.1, 0.15) is 0 Å². The fourth-order valence-corrected chi connectivity index (χ4v) is 1.45. The molecule has 1 heterocycles. The van der Waals surface area contributed by atoms with E-state index < -0.39 is 0 Å². The third-order valence-electron chi connectivity index (χ3n) is 2.11. The number of aliphatic imine (C=N–C) groups is 1. The quantitative estimate of drug-likeness (QED) is 0.673. The monoisotopic (exact) mass is 174 g/mol. The van der Waals surface area contributed by atoms with Crippen LogP contribution in [-0.4, -0.2) is 19.2 Å². The van der Waals surface area contributed by atoms with Crippen molar-refractivity contribution < 1.29 is 4.79 Å². The Morgan fingerprint density at radius 3 is 3.23 bits per heavy atom. The summed E-state index contributed by atoms with van der Waals surface area (Å²) in [6.07, 6.45) is 3.53. The van der Waals surface area contributed by atoms with Crippen LogP contribution >= 0.6 is 0 Å². The van der Waals surface area contributed by atoms with Crippen molar-refractivity contribution in [3.8, 4) is 0 Å². The van der Waals surface area contributed by atoms with Gasteiger partial charge in [-0.15, -0.1) is 0 Å². The molecular formula is C10H10N2O. The molecule has 2 rings (SSSR count). The molecule has 1 aromatic rings. The Morgan fingerprint density at radius 2 is 2.38 bits per heavy atom. The summed E-state index contributed by atoms with van der Waals surface area (Å²) in [4.78, 5) is 14.4. The van der Waals surface area contributed by atoms with E-state index in [0.29, 0.717) is 6.41 Å². The normalized spacial score (nSPS) is 13.5. The first-order valence-corrected chi connectivity index (χ1v) is 4.23. The second-order valence-electron chi connectivity index (χ2n) is 2.96. The maximum absolute atomic E-state index is 10.2. The summed E-state index contributed by atoms with van der Waals surface area (Å²) in [7, 11) is 0. The lowest BCUT2D eigenvalue weighted by atomic mass is 10.0. The molecule has 1 aliphatic heterocycles. The zero-order valence-electron chi connectivity index (χ0n) is 7.16. The predicted molar refractivity (Wildman–Crippen MR) is 52.3 cm³/mol. The maximum atomic E-state index is 10.2. The average Bonchev–Trinajstić information content (AvgIpc) is 2.18. The van der Waals surface area contributed by atoms with Gasteiger partial charge in [-0.05, 0) is 29.7 Å². The van der Waals surface area contributed by atoms with Crippen molar-refractivity contribution in [2.45, 2.75) is 6.42 Å². The van der Waals surface area contributed by atoms with Gasteiger partial charge in [0.15, 0.2) is 0 Å². The molecule has 0 fully saturated rings. The Morgan fingerprint density at radius 1 is 1.46 bits per heavy atom. The predicted octanol–water partition coefficient (Wildman–Crippen LogP) is 1.23. The minimum absolute atomic E-state index is 0.693. The van der Waals surface area contributed by atoms with Gasteiger partial charge in [-0.25, -0.2) is 0 Å². The number of hydrogen-bond donors (Lipinski definition) is 1. The van der Waals surface area contributed by atoms with Gasteiger partial charge < -0.3 is 5.32 Å². The highest BCUT2D eigenvalue weighted by molar-refractivity contribution is 5.84. The lowest BCUT2D eigenvalue weighted by molar-refractivity contribution is -0.105. The number of amides is 1. The van der Waals surface area contributed by atoms with Gasteiger partial charge in [0, 0.05) is 18.4 Å². The van der Waals surface area contributed by atoms with Gasteiger partial charge >= 0.3 is 0 Å². The summed E-state index contributed by atoms with van der Waals surface area (Å²) >= 11 is 0. The van der Waals surface area contributed by atoms with Crippen LogP contribution in [0.15, 0.2) is 23.2 Å². The fraction of sp³-hybridized carbons (Fsp3) is 0.200. The molecule has 1 amide bonds. The van der Waals surface area contributed by atoms with E-state index >= 15 is 0 Å². The highest BCUT2D eigenvalue weighted by Gasteiger charge is 2.04. The van der Waals surface area contributed by atoms with Gasteiger partial charge in [0.2, 0.25) is 6.41 Å². The van der Waals surface area contributed by atoms with Gasteiger partial charge in [-0.1, -0.05) is 6.07 Å². The van der Waals surface area contributed by atoms with E-state index in [0.717, 1.165) is 24.2 Å². The van der Waals surface area contributed by atoms with Gasteiger partial charge in [0.05, 0.1) is 0 Å². The van der Waals surface area contributed by atoms with Crippen molar-refractivity contribution in [2.24, 2.45) is 4.99 Å². The second kappa shape index (κ2) is 3.39. The topological polar surface area (TPSA) is 41.5 Å². The molecule has 66 valence electrons. The molecule has 3 heteroatoms. The summed E-state index contributed by atoms with van der Waals surface area (Å²) in [5.74, 6) is 0. The van der Waals surface area contributed by atoms with Crippen LogP contribution in [0.3, 0.4) is 0 Å². The molecule has 0 saturated heterocycles. The van der Waals surface area contributed by atoms with E-state index in [-0.39, 0.29) is 0 Å². The van der Waals surface area contributed by atoms with Gasteiger partial charge in [0.25, 0.3) is 0 Å². The molecule has 1 N–H and O–H groups in total. The molecule has 0 unspecified atom stereocenters. The fourth-order valence-electron chi connectivity index (χ4n) is 1.45. The molecule has 0 aliphatic carbocycles. The first-order chi connectivity index (χ1) is 6.40. The SMILES string of the molecule is O=CNc1ccc2c(c1)CCN=C2. The van der Waals surface area contributed by atoms with Crippen LogP contribution in [-0.2, 0) is 11.2 Å². The number of hydrogen-bond acceptors (Lipinski definition) is 2. The highest BCUT2D eigenvalue weighted by Crippen LogP contribution is 2.17.